The predicted molar refractivity (Wildman–Crippen MR) is 68.2 cm³/mol. The average molecular weight is 281 g/mol. The Bertz CT molecular complexity index is 557. The van der Waals surface area contributed by atoms with Crippen molar-refractivity contribution < 1.29 is 23.8 Å². The van der Waals surface area contributed by atoms with Gasteiger partial charge in [0, 0.05) is 7.11 Å². The van der Waals surface area contributed by atoms with Crippen molar-refractivity contribution in [3.63, 3.8) is 0 Å². The van der Waals surface area contributed by atoms with Gasteiger partial charge in [-0.25, -0.2) is 4.79 Å². The molecule has 0 atom stereocenters. The summed E-state index contributed by atoms with van der Waals surface area (Å²) in [5, 5.41) is 7.54. The third kappa shape index (κ3) is 3.90. The maximum atomic E-state index is 11.4. The van der Waals surface area contributed by atoms with Gasteiger partial charge in [0.15, 0.2) is 0 Å². The van der Waals surface area contributed by atoms with E-state index in [1.165, 1.54) is 0 Å². The van der Waals surface area contributed by atoms with Crippen LogP contribution in [0, 0.1) is 0 Å². The van der Waals surface area contributed by atoms with Crippen LogP contribution in [-0.2, 0) is 14.2 Å². The van der Waals surface area contributed by atoms with Gasteiger partial charge in [-0.2, -0.15) is 0 Å². The maximum Gasteiger partial charge on any atom is 0.535 e. The molecule has 0 saturated carbocycles. The molecule has 8 nitrogen and oxygen atoms in total. The van der Waals surface area contributed by atoms with Crippen LogP contribution in [0.2, 0.25) is 0 Å². The quantitative estimate of drug-likeness (QED) is 0.418. The van der Waals surface area contributed by atoms with Gasteiger partial charge in [0.25, 0.3) is 0 Å². The van der Waals surface area contributed by atoms with E-state index in [9.17, 15) is 4.79 Å². The van der Waals surface area contributed by atoms with Gasteiger partial charge in [0.05, 0.1) is 19.8 Å². The van der Waals surface area contributed by atoms with Crippen LogP contribution in [0.4, 0.5) is 4.79 Å². The SMILES string of the molecule is COCCOCCOC(=O)On1nnc2ccccc21. The van der Waals surface area contributed by atoms with Crippen molar-refractivity contribution in [3.05, 3.63) is 24.3 Å². The molecular weight excluding hydrogens is 266 g/mol. The average Bonchev–Trinajstić information content (AvgIpc) is 2.86. The number of carbonyl (C=O) groups excluding carboxylic acids is 1. The Morgan fingerprint density at radius 3 is 2.85 bits per heavy atom. The Morgan fingerprint density at radius 2 is 2.00 bits per heavy atom. The zero-order valence-electron chi connectivity index (χ0n) is 11.0. The van der Waals surface area contributed by atoms with Crippen molar-refractivity contribution in [1.82, 2.24) is 15.2 Å². The van der Waals surface area contributed by atoms with Gasteiger partial charge >= 0.3 is 6.16 Å². The Labute approximate surface area is 115 Å². The summed E-state index contributed by atoms with van der Waals surface area (Å²) in [5.74, 6) is 0. The number of benzene rings is 1. The fourth-order valence-electron chi connectivity index (χ4n) is 1.44. The molecule has 0 fully saturated rings. The first kappa shape index (κ1) is 14.2. The van der Waals surface area contributed by atoms with Gasteiger partial charge in [-0.15, -0.1) is 5.10 Å². The smallest absolute Gasteiger partial charge is 0.430 e. The summed E-state index contributed by atoms with van der Waals surface area (Å²) in [7, 11) is 1.58. The largest absolute Gasteiger partial charge is 0.535 e. The summed E-state index contributed by atoms with van der Waals surface area (Å²) in [6, 6.07) is 7.10. The Balaban J connectivity index is 1.74. The molecule has 20 heavy (non-hydrogen) atoms. The number of hydrogen-bond donors (Lipinski definition) is 0. The summed E-state index contributed by atoms with van der Waals surface area (Å²) < 4.78 is 14.8. The lowest BCUT2D eigenvalue weighted by molar-refractivity contribution is 0.00848. The van der Waals surface area contributed by atoms with Crippen molar-refractivity contribution in [2.75, 3.05) is 33.5 Å². The molecule has 0 radical (unpaired) electrons. The molecule has 0 aliphatic heterocycles. The number of ether oxygens (including phenoxy) is 3. The van der Waals surface area contributed by atoms with Gasteiger partial charge in [-0.1, -0.05) is 17.0 Å². The standard InChI is InChI=1S/C12H15N3O5/c1-17-6-7-18-8-9-19-12(16)20-15-11-5-3-2-4-10(11)13-14-15/h2-5H,6-9H2,1H3. The second-order valence-electron chi connectivity index (χ2n) is 3.75. The second kappa shape index (κ2) is 7.41. The predicted octanol–water partition coefficient (Wildman–Crippen LogP) is 0.659. The summed E-state index contributed by atoms with van der Waals surface area (Å²) in [6.45, 7) is 1.31. The van der Waals surface area contributed by atoms with Crippen molar-refractivity contribution in [2.24, 2.45) is 0 Å². The molecular formula is C12H15N3O5. The molecule has 0 N–H and O–H groups in total. The monoisotopic (exact) mass is 281 g/mol. The third-order valence-electron chi connectivity index (χ3n) is 2.36. The molecule has 0 amide bonds. The number of methoxy groups -OCH3 is 1. The highest BCUT2D eigenvalue weighted by molar-refractivity contribution is 5.74. The van der Waals surface area contributed by atoms with E-state index in [0.717, 1.165) is 4.85 Å². The number of hydrogen-bond acceptors (Lipinski definition) is 7. The van der Waals surface area contributed by atoms with Crippen LogP contribution in [0.1, 0.15) is 0 Å². The van der Waals surface area contributed by atoms with Crippen LogP contribution in [-0.4, -0.2) is 54.8 Å². The van der Waals surface area contributed by atoms with Crippen LogP contribution in [0.15, 0.2) is 24.3 Å². The minimum absolute atomic E-state index is 0.0924. The number of rotatable bonds is 7. The number of fused-ring (bicyclic) bond motifs is 1. The fraction of sp³-hybridized carbons (Fsp3) is 0.417. The highest BCUT2D eigenvalue weighted by Crippen LogP contribution is 2.08. The first-order valence-corrected chi connectivity index (χ1v) is 6.03. The first-order valence-electron chi connectivity index (χ1n) is 6.03. The number of nitrogens with zero attached hydrogens (tertiary/aromatic N) is 3. The number of para-hydroxylation sites is 1. The van der Waals surface area contributed by atoms with Crippen LogP contribution in [0.25, 0.3) is 11.0 Å². The third-order valence-corrected chi connectivity index (χ3v) is 2.36. The van der Waals surface area contributed by atoms with Crippen molar-refractivity contribution in [1.29, 1.82) is 0 Å². The molecule has 0 unspecified atom stereocenters. The van der Waals surface area contributed by atoms with Gasteiger partial charge in [-0.05, 0) is 17.3 Å². The highest BCUT2D eigenvalue weighted by Gasteiger charge is 2.10. The first-order chi connectivity index (χ1) is 9.81. The molecule has 0 aliphatic carbocycles. The molecule has 8 heteroatoms. The van der Waals surface area contributed by atoms with E-state index in [1.807, 2.05) is 6.07 Å². The number of aromatic nitrogens is 3. The van der Waals surface area contributed by atoms with Crippen molar-refractivity contribution in [2.45, 2.75) is 0 Å². The van der Waals surface area contributed by atoms with E-state index in [0.29, 0.717) is 24.2 Å². The zero-order valence-corrected chi connectivity index (χ0v) is 11.0. The van der Waals surface area contributed by atoms with Crippen LogP contribution < -0.4 is 4.84 Å². The Morgan fingerprint density at radius 1 is 1.20 bits per heavy atom. The van der Waals surface area contributed by atoms with Gasteiger partial charge in [0.1, 0.15) is 17.6 Å². The summed E-state index contributed by atoms with van der Waals surface area (Å²) in [4.78, 5) is 17.3. The lowest BCUT2D eigenvalue weighted by Crippen LogP contribution is -2.23. The Kier molecular flexibility index (Phi) is 5.27. The Hall–Kier alpha value is -2.19. The van der Waals surface area contributed by atoms with E-state index >= 15 is 0 Å². The number of carbonyl (C=O) groups is 1. The van der Waals surface area contributed by atoms with Gasteiger partial charge < -0.3 is 14.2 Å². The fourth-order valence-corrected chi connectivity index (χ4v) is 1.44. The van der Waals surface area contributed by atoms with Gasteiger partial charge in [-0.3, -0.25) is 4.84 Å². The lowest BCUT2D eigenvalue weighted by atomic mass is 10.3. The molecule has 2 rings (SSSR count). The summed E-state index contributed by atoms with van der Waals surface area (Å²) in [5.41, 5.74) is 1.21. The van der Waals surface area contributed by atoms with E-state index in [2.05, 4.69) is 10.3 Å². The second-order valence-corrected chi connectivity index (χ2v) is 3.75. The lowest BCUT2D eigenvalue weighted by Gasteiger charge is -2.05. The van der Waals surface area contributed by atoms with Crippen LogP contribution in [0.3, 0.4) is 0 Å². The molecule has 1 aromatic heterocycles. The van der Waals surface area contributed by atoms with E-state index in [1.54, 1.807) is 25.3 Å². The van der Waals surface area contributed by atoms with Crippen molar-refractivity contribution >= 4 is 17.2 Å². The zero-order chi connectivity index (χ0) is 14.2. The molecule has 0 bridgehead atoms. The molecule has 0 spiro atoms. The maximum absolute atomic E-state index is 11.4. The minimum Gasteiger partial charge on any atom is -0.430 e. The highest BCUT2D eigenvalue weighted by atomic mass is 16.8. The topological polar surface area (TPSA) is 84.7 Å². The van der Waals surface area contributed by atoms with Gasteiger partial charge in [0.2, 0.25) is 0 Å². The van der Waals surface area contributed by atoms with Crippen LogP contribution >= 0.6 is 0 Å². The van der Waals surface area contributed by atoms with Crippen molar-refractivity contribution in [3.8, 4) is 0 Å². The molecule has 1 heterocycles. The molecule has 1 aromatic carbocycles. The van der Waals surface area contributed by atoms with E-state index in [4.69, 9.17) is 19.0 Å². The molecule has 0 saturated heterocycles. The molecule has 0 aliphatic rings. The summed E-state index contributed by atoms with van der Waals surface area (Å²) in [6.07, 6.45) is -0.865. The van der Waals surface area contributed by atoms with E-state index in [-0.39, 0.29) is 13.2 Å². The normalized spacial score (nSPS) is 10.7. The summed E-state index contributed by atoms with van der Waals surface area (Å²) >= 11 is 0. The molecule has 108 valence electrons. The van der Waals surface area contributed by atoms with E-state index < -0.39 is 6.16 Å². The molecule has 2 aromatic rings. The minimum atomic E-state index is -0.865. The van der Waals surface area contributed by atoms with Crippen LogP contribution in [0.5, 0.6) is 0 Å².